The van der Waals surface area contributed by atoms with Gasteiger partial charge >= 0.3 is 0 Å². The zero-order valence-corrected chi connectivity index (χ0v) is 10.0. The van der Waals surface area contributed by atoms with Gasteiger partial charge in [0.15, 0.2) is 5.78 Å². The Bertz CT molecular complexity index is 315. The van der Waals surface area contributed by atoms with Crippen LogP contribution in [0, 0.1) is 0 Å². The van der Waals surface area contributed by atoms with Crippen LogP contribution in [0.15, 0.2) is 17.5 Å². The Morgan fingerprint density at radius 1 is 1.56 bits per heavy atom. The van der Waals surface area contributed by atoms with Gasteiger partial charge in [0.1, 0.15) is 6.61 Å². The third-order valence-electron chi connectivity index (χ3n) is 2.61. The van der Waals surface area contributed by atoms with E-state index in [4.69, 9.17) is 9.47 Å². The van der Waals surface area contributed by atoms with Gasteiger partial charge in [-0.15, -0.1) is 11.3 Å². The summed E-state index contributed by atoms with van der Waals surface area (Å²) in [5, 5.41) is 1.90. The van der Waals surface area contributed by atoms with Crippen LogP contribution in [0.25, 0.3) is 0 Å². The molecule has 0 aliphatic carbocycles. The molecule has 1 unspecified atom stereocenters. The molecular weight excluding hydrogens is 224 g/mol. The lowest BCUT2D eigenvalue weighted by Gasteiger charge is -2.22. The molecule has 1 aliphatic heterocycles. The fraction of sp³-hybridized carbons (Fsp3) is 0.583. The lowest BCUT2D eigenvalue weighted by molar-refractivity contribution is -0.0370. The highest BCUT2D eigenvalue weighted by molar-refractivity contribution is 7.12. The minimum absolute atomic E-state index is 0.0609. The van der Waals surface area contributed by atoms with E-state index in [1.54, 1.807) is 0 Å². The van der Waals surface area contributed by atoms with Gasteiger partial charge in [-0.25, -0.2) is 0 Å². The summed E-state index contributed by atoms with van der Waals surface area (Å²) in [4.78, 5) is 12.4. The fourth-order valence-corrected chi connectivity index (χ4v) is 2.38. The molecule has 0 amide bonds. The van der Waals surface area contributed by atoms with Crippen molar-refractivity contribution in [3.05, 3.63) is 22.4 Å². The van der Waals surface area contributed by atoms with Gasteiger partial charge in [-0.3, -0.25) is 4.79 Å². The van der Waals surface area contributed by atoms with Crippen LogP contribution in [-0.4, -0.2) is 31.7 Å². The van der Waals surface area contributed by atoms with E-state index in [1.165, 1.54) is 17.8 Å². The molecule has 16 heavy (non-hydrogen) atoms. The third kappa shape index (κ3) is 3.40. The molecule has 88 valence electrons. The van der Waals surface area contributed by atoms with E-state index in [1.807, 2.05) is 17.5 Å². The van der Waals surface area contributed by atoms with Crippen molar-refractivity contribution in [1.82, 2.24) is 0 Å². The zero-order chi connectivity index (χ0) is 11.2. The normalized spacial score (nSPS) is 20.9. The average Bonchev–Trinajstić information content (AvgIpc) is 2.84. The Hall–Kier alpha value is -0.710. The molecule has 0 aromatic carbocycles. The first-order valence-electron chi connectivity index (χ1n) is 5.62. The van der Waals surface area contributed by atoms with E-state index >= 15 is 0 Å². The van der Waals surface area contributed by atoms with E-state index in [0.717, 1.165) is 24.3 Å². The monoisotopic (exact) mass is 240 g/mol. The summed E-state index contributed by atoms with van der Waals surface area (Å²) in [6.45, 7) is 1.53. The molecule has 1 aromatic heterocycles. The predicted octanol–water partition coefficient (Wildman–Crippen LogP) is 2.52. The minimum atomic E-state index is 0.0609. The molecule has 0 saturated carbocycles. The van der Waals surface area contributed by atoms with Crippen LogP contribution in [0.4, 0.5) is 0 Å². The largest absolute Gasteiger partial charge is 0.376 e. The second-order valence-electron chi connectivity index (χ2n) is 3.90. The Balaban J connectivity index is 1.66. The van der Waals surface area contributed by atoms with Crippen molar-refractivity contribution >= 4 is 17.1 Å². The first-order chi connectivity index (χ1) is 7.86. The molecule has 0 N–H and O–H groups in total. The van der Waals surface area contributed by atoms with Gasteiger partial charge in [0.05, 0.1) is 17.6 Å². The number of carbonyl (C=O) groups excluding carboxylic acids is 1. The van der Waals surface area contributed by atoms with Crippen molar-refractivity contribution in [2.24, 2.45) is 0 Å². The molecule has 1 atom stereocenters. The van der Waals surface area contributed by atoms with Crippen LogP contribution in [0.5, 0.6) is 0 Å². The summed E-state index contributed by atoms with van der Waals surface area (Å²) in [5.74, 6) is 0.0609. The Kier molecular flexibility index (Phi) is 4.51. The van der Waals surface area contributed by atoms with Gasteiger partial charge in [0.25, 0.3) is 0 Å². The highest BCUT2D eigenvalue weighted by Gasteiger charge is 2.15. The molecule has 1 saturated heterocycles. The van der Waals surface area contributed by atoms with Crippen molar-refractivity contribution < 1.29 is 14.3 Å². The summed E-state index contributed by atoms with van der Waals surface area (Å²) in [6, 6.07) is 3.70. The van der Waals surface area contributed by atoms with Crippen molar-refractivity contribution in [3.8, 4) is 0 Å². The smallest absolute Gasteiger partial charge is 0.198 e. The molecule has 1 aromatic rings. The van der Waals surface area contributed by atoms with Gasteiger partial charge in [-0.1, -0.05) is 6.07 Å². The predicted molar refractivity (Wildman–Crippen MR) is 63.1 cm³/mol. The van der Waals surface area contributed by atoms with Crippen LogP contribution >= 0.6 is 11.3 Å². The van der Waals surface area contributed by atoms with Crippen molar-refractivity contribution in [1.29, 1.82) is 0 Å². The van der Waals surface area contributed by atoms with Crippen molar-refractivity contribution in [3.63, 3.8) is 0 Å². The summed E-state index contributed by atoms with van der Waals surface area (Å²) >= 11 is 1.46. The summed E-state index contributed by atoms with van der Waals surface area (Å²) < 4.78 is 10.9. The van der Waals surface area contributed by atoms with E-state index in [9.17, 15) is 4.79 Å². The van der Waals surface area contributed by atoms with Gasteiger partial charge < -0.3 is 9.47 Å². The first-order valence-corrected chi connectivity index (χ1v) is 6.50. The van der Waals surface area contributed by atoms with Crippen LogP contribution < -0.4 is 0 Å². The Morgan fingerprint density at radius 2 is 2.50 bits per heavy atom. The number of hydrogen-bond acceptors (Lipinski definition) is 4. The molecule has 1 aliphatic rings. The molecule has 2 heterocycles. The number of ketones is 1. The summed E-state index contributed by atoms with van der Waals surface area (Å²) in [5.41, 5.74) is 0. The van der Waals surface area contributed by atoms with Gasteiger partial charge in [0, 0.05) is 6.61 Å². The molecule has 3 nitrogen and oxygen atoms in total. The van der Waals surface area contributed by atoms with Gasteiger partial charge in [-0.2, -0.15) is 0 Å². The number of rotatable bonds is 5. The maximum Gasteiger partial charge on any atom is 0.198 e. The quantitative estimate of drug-likeness (QED) is 0.742. The molecule has 0 bridgehead atoms. The van der Waals surface area contributed by atoms with Crippen LogP contribution in [0.3, 0.4) is 0 Å². The van der Waals surface area contributed by atoms with E-state index < -0.39 is 0 Å². The van der Waals surface area contributed by atoms with Gasteiger partial charge in [0.2, 0.25) is 0 Å². The molecule has 0 spiro atoms. The van der Waals surface area contributed by atoms with E-state index in [0.29, 0.717) is 6.61 Å². The molecule has 0 radical (unpaired) electrons. The summed E-state index contributed by atoms with van der Waals surface area (Å²) in [6.07, 6.45) is 3.58. The lowest BCUT2D eigenvalue weighted by atomic mass is 10.1. The second kappa shape index (κ2) is 6.13. The number of Topliss-reactive ketones (excluding diaryl/α,β-unsaturated/α-hetero) is 1. The van der Waals surface area contributed by atoms with Crippen LogP contribution in [0.2, 0.25) is 0 Å². The van der Waals surface area contributed by atoms with E-state index in [-0.39, 0.29) is 18.5 Å². The standard InChI is InChI=1S/C12H16O3S/c13-11(12-5-3-7-16-12)9-14-8-10-4-1-2-6-15-10/h3,5,7,10H,1-2,4,6,8-9H2. The highest BCUT2D eigenvalue weighted by Crippen LogP contribution is 2.13. The summed E-state index contributed by atoms with van der Waals surface area (Å²) in [7, 11) is 0. The van der Waals surface area contributed by atoms with Crippen LogP contribution in [0.1, 0.15) is 28.9 Å². The highest BCUT2D eigenvalue weighted by atomic mass is 32.1. The minimum Gasteiger partial charge on any atom is -0.376 e. The fourth-order valence-electron chi connectivity index (χ4n) is 1.73. The SMILES string of the molecule is O=C(COCC1CCCCO1)c1cccs1. The van der Waals surface area contributed by atoms with Crippen molar-refractivity contribution in [2.45, 2.75) is 25.4 Å². The number of thiophene rings is 1. The maximum atomic E-state index is 11.6. The molecular formula is C12H16O3S. The van der Waals surface area contributed by atoms with Crippen molar-refractivity contribution in [2.75, 3.05) is 19.8 Å². The zero-order valence-electron chi connectivity index (χ0n) is 9.19. The molecule has 1 fully saturated rings. The van der Waals surface area contributed by atoms with Gasteiger partial charge in [-0.05, 0) is 30.7 Å². The number of ether oxygens (including phenoxy) is 2. The molecule has 2 rings (SSSR count). The Labute approximate surface area is 99.4 Å². The van der Waals surface area contributed by atoms with E-state index in [2.05, 4.69) is 0 Å². The first kappa shape index (κ1) is 11.8. The second-order valence-corrected chi connectivity index (χ2v) is 4.85. The topological polar surface area (TPSA) is 35.5 Å². The molecule has 4 heteroatoms. The maximum absolute atomic E-state index is 11.6. The third-order valence-corrected chi connectivity index (χ3v) is 3.52. The van der Waals surface area contributed by atoms with Crippen LogP contribution in [-0.2, 0) is 9.47 Å². The Morgan fingerprint density at radius 3 is 3.19 bits per heavy atom. The number of hydrogen-bond donors (Lipinski definition) is 0. The number of carbonyl (C=O) groups is 1. The average molecular weight is 240 g/mol. The lowest BCUT2D eigenvalue weighted by Crippen LogP contribution is -2.25.